The molecule has 0 spiro atoms. The lowest BCUT2D eigenvalue weighted by Gasteiger charge is -2.36. The maximum atomic E-state index is 5.45. The molecule has 0 aromatic heterocycles. The minimum absolute atomic E-state index is 0.508. The van der Waals surface area contributed by atoms with Gasteiger partial charge in [-0.15, -0.1) is 0 Å². The third kappa shape index (κ3) is 3.48. The van der Waals surface area contributed by atoms with Gasteiger partial charge in [0.2, 0.25) is 0 Å². The Hall–Kier alpha value is -0.160. The van der Waals surface area contributed by atoms with E-state index in [-0.39, 0.29) is 0 Å². The summed E-state index contributed by atoms with van der Waals surface area (Å²) in [6.45, 7) is 12.8. The van der Waals surface area contributed by atoms with E-state index >= 15 is 0 Å². The van der Waals surface area contributed by atoms with Gasteiger partial charge >= 0.3 is 0 Å². The van der Waals surface area contributed by atoms with Crippen LogP contribution in [0.15, 0.2) is 0 Å². The first-order chi connectivity index (χ1) is 9.25. The smallest absolute Gasteiger partial charge is 0.0594 e. The maximum absolute atomic E-state index is 5.45. The average molecular weight is 267 g/mol. The van der Waals surface area contributed by atoms with Crippen molar-refractivity contribution >= 4 is 0 Å². The molecule has 0 saturated carbocycles. The minimum atomic E-state index is 0.508. The van der Waals surface area contributed by atoms with E-state index in [1.807, 2.05) is 0 Å². The molecule has 3 aliphatic heterocycles. The topological polar surface area (TPSA) is 27.7 Å². The van der Waals surface area contributed by atoms with Crippen LogP contribution in [0.5, 0.6) is 0 Å². The second-order valence-electron chi connectivity index (χ2n) is 6.92. The molecule has 3 aliphatic rings. The average Bonchev–Trinajstić information content (AvgIpc) is 3.02. The molecule has 0 aliphatic carbocycles. The van der Waals surface area contributed by atoms with Crippen LogP contribution in [-0.2, 0) is 4.74 Å². The van der Waals surface area contributed by atoms with E-state index in [0.717, 1.165) is 32.3 Å². The monoisotopic (exact) mass is 267 g/mol. The fourth-order valence-electron chi connectivity index (χ4n) is 3.89. The van der Waals surface area contributed by atoms with E-state index in [1.54, 1.807) is 0 Å². The lowest BCUT2D eigenvalue weighted by Crippen LogP contribution is -2.47. The zero-order valence-electron chi connectivity index (χ0n) is 12.4. The molecular formula is C15H29N3O. The van der Waals surface area contributed by atoms with Gasteiger partial charge in [-0.05, 0) is 37.8 Å². The van der Waals surface area contributed by atoms with E-state index in [2.05, 4.69) is 22.0 Å². The Balaban J connectivity index is 1.52. The highest BCUT2D eigenvalue weighted by molar-refractivity contribution is 4.91. The van der Waals surface area contributed by atoms with Gasteiger partial charge in [-0.25, -0.2) is 0 Å². The zero-order valence-corrected chi connectivity index (χ0v) is 12.4. The molecular weight excluding hydrogens is 238 g/mol. The zero-order chi connectivity index (χ0) is 13.1. The lowest BCUT2D eigenvalue weighted by atomic mass is 9.89. The largest absolute Gasteiger partial charge is 0.379 e. The fraction of sp³-hybridized carbons (Fsp3) is 1.00. The molecule has 110 valence electrons. The van der Waals surface area contributed by atoms with E-state index in [0.29, 0.717) is 5.41 Å². The van der Waals surface area contributed by atoms with Crippen molar-refractivity contribution in [2.24, 2.45) is 5.41 Å². The SMILES string of the molecule is CC1(CN2CCCC2CN2CCOCC2)CCNC1. The van der Waals surface area contributed by atoms with Crippen molar-refractivity contribution < 1.29 is 4.74 Å². The van der Waals surface area contributed by atoms with Gasteiger partial charge in [0.05, 0.1) is 13.2 Å². The molecule has 3 heterocycles. The highest BCUT2D eigenvalue weighted by atomic mass is 16.5. The number of rotatable bonds is 4. The Morgan fingerprint density at radius 3 is 2.84 bits per heavy atom. The molecule has 3 rings (SSSR count). The normalized spacial score (nSPS) is 38.1. The van der Waals surface area contributed by atoms with E-state index in [1.165, 1.54) is 52.0 Å². The van der Waals surface area contributed by atoms with Crippen LogP contribution in [0.1, 0.15) is 26.2 Å². The van der Waals surface area contributed by atoms with Gasteiger partial charge in [-0.1, -0.05) is 6.92 Å². The van der Waals surface area contributed by atoms with Gasteiger partial charge in [0.1, 0.15) is 0 Å². The van der Waals surface area contributed by atoms with Crippen LogP contribution in [0.25, 0.3) is 0 Å². The fourth-order valence-corrected chi connectivity index (χ4v) is 3.89. The molecule has 0 aromatic rings. The Kier molecular flexibility index (Phi) is 4.42. The van der Waals surface area contributed by atoms with Crippen molar-refractivity contribution in [1.82, 2.24) is 15.1 Å². The molecule has 0 aromatic carbocycles. The van der Waals surface area contributed by atoms with Gasteiger partial charge in [0.25, 0.3) is 0 Å². The minimum Gasteiger partial charge on any atom is -0.379 e. The molecule has 3 saturated heterocycles. The van der Waals surface area contributed by atoms with Crippen LogP contribution in [0, 0.1) is 5.41 Å². The summed E-state index contributed by atoms with van der Waals surface area (Å²) in [5, 5.41) is 3.53. The summed E-state index contributed by atoms with van der Waals surface area (Å²) in [4.78, 5) is 5.37. The predicted octanol–water partition coefficient (Wildman–Crippen LogP) is 0.783. The van der Waals surface area contributed by atoms with Crippen molar-refractivity contribution in [2.75, 3.05) is 59.0 Å². The second-order valence-corrected chi connectivity index (χ2v) is 6.92. The Morgan fingerprint density at radius 1 is 1.26 bits per heavy atom. The van der Waals surface area contributed by atoms with Crippen LogP contribution in [0.4, 0.5) is 0 Å². The first-order valence-corrected chi connectivity index (χ1v) is 8.00. The van der Waals surface area contributed by atoms with Crippen molar-refractivity contribution in [3.63, 3.8) is 0 Å². The van der Waals surface area contributed by atoms with Crippen LogP contribution in [0.3, 0.4) is 0 Å². The molecule has 1 N–H and O–H groups in total. The summed E-state index contributed by atoms with van der Waals surface area (Å²) in [7, 11) is 0. The van der Waals surface area contributed by atoms with E-state index < -0.39 is 0 Å². The van der Waals surface area contributed by atoms with Gasteiger partial charge in [0, 0.05) is 38.8 Å². The summed E-state index contributed by atoms with van der Waals surface area (Å²) >= 11 is 0. The highest BCUT2D eigenvalue weighted by Crippen LogP contribution is 2.29. The molecule has 2 unspecified atom stereocenters. The standard InChI is InChI=1S/C15H29N3O/c1-15(4-5-16-12-15)13-18-6-2-3-14(18)11-17-7-9-19-10-8-17/h14,16H,2-13H2,1H3. The molecule has 2 atom stereocenters. The molecule has 0 bridgehead atoms. The molecule has 4 heteroatoms. The Labute approximate surface area is 117 Å². The number of nitrogens with one attached hydrogen (secondary N) is 1. The van der Waals surface area contributed by atoms with Gasteiger partial charge < -0.3 is 10.1 Å². The summed E-state index contributed by atoms with van der Waals surface area (Å²) in [6, 6.07) is 0.788. The van der Waals surface area contributed by atoms with Crippen molar-refractivity contribution in [3.05, 3.63) is 0 Å². The summed E-state index contributed by atoms with van der Waals surface area (Å²) in [5.74, 6) is 0. The Bertz CT molecular complexity index is 285. The number of morpholine rings is 1. The number of ether oxygens (including phenoxy) is 1. The van der Waals surface area contributed by atoms with Gasteiger partial charge in [-0.2, -0.15) is 0 Å². The van der Waals surface area contributed by atoms with E-state index in [9.17, 15) is 0 Å². The van der Waals surface area contributed by atoms with Crippen molar-refractivity contribution in [3.8, 4) is 0 Å². The predicted molar refractivity (Wildman–Crippen MR) is 77.4 cm³/mol. The first-order valence-electron chi connectivity index (χ1n) is 8.00. The van der Waals surface area contributed by atoms with Gasteiger partial charge in [-0.3, -0.25) is 9.80 Å². The second kappa shape index (κ2) is 6.08. The summed E-state index contributed by atoms with van der Waals surface area (Å²) in [6.07, 6.45) is 4.12. The molecule has 3 fully saturated rings. The van der Waals surface area contributed by atoms with Crippen molar-refractivity contribution in [1.29, 1.82) is 0 Å². The molecule has 4 nitrogen and oxygen atoms in total. The van der Waals surface area contributed by atoms with Crippen LogP contribution < -0.4 is 5.32 Å². The van der Waals surface area contributed by atoms with Crippen LogP contribution in [-0.4, -0.2) is 74.9 Å². The number of hydrogen-bond donors (Lipinski definition) is 1. The van der Waals surface area contributed by atoms with E-state index in [4.69, 9.17) is 4.74 Å². The maximum Gasteiger partial charge on any atom is 0.0594 e. The quantitative estimate of drug-likeness (QED) is 0.815. The molecule has 19 heavy (non-hydrogen) atoms. The van der Waals surface area contributed by atoms with Crippen molar-refractivity contribution in [2.45, 2.75) is 32.2 Å². The third-order valence-electron chi connectivity index (χ3n) is 5.11. The van der Waals surface area contributed by atoms with Crippen LogP contribution in [0.2, 0.25) is 0 Å². The number of nitrogens with zero attached hydrogens (tertiary/aromatic N) is 2. The highest BCUT2D eigenvalue weighted by Gasteiger charge is 2.35. The van der Waals surface area contributed by atoms with Gasteiger partial charge in [0.15, 0.2) is 0 Å². The first kappa shape index (κ1) is 13.8. The number of hydrogen-bond acceptors (Lipinski definition) is 4. The summed E-state index contributed by atoms with van der Waals surface area (Å²) < 4.78 is 5.45. The molecule has 0 radical (unpaired) electrons. The molecule has 0 amide bonds. The number of likely N-dealkylation sites (tertiary alicyclic amines) is 1. The Morgan fingerprint density at radius 2 is 2.11 bits per heavy atom. The van der Waals surface area contributed by atoms with Crippen LogP contribution >= 0.6 is 0 Å². The third-order valence-corrected chi connectivity index (χ3v) is 5.11. The summed E-state index contributed by atoms with van der Waals surface area (Å²) in [5.41, 5.74) is 0.508. The lowest BCUT2D eigenvalue weighted by molar-refractivity contribution is 0.0238.